The topological polar surface area (TPSA) is 65.5 Å². The second-order valence-corrected chi connectivity index (χ2v) is 7.65. The molecule has 0 aliphatic rings. The number of rotatable bonds is 7. The van der Waals surface area contributed by atoms with E-state index in [4.69, 9.17) is 0 Å². The van der Waals surface area contributed by atoms with Crippen molar-refractivity contribution in [2.24, 2.45) is 4.99 Å². The molecule has 1 heterocycles. The van der Waals surface area contributed by atoms with Crippen molar-refractivity contribution in [3.05, 3.63) is 57.3 Å². The zero-order valence-corrected chi connectivity index (χ0v) is 19.5. The van der Waals surface area contributed by atoms with Gasteiger partial charge in [0.25, 0.3) is 5.91 Å². The van der Waals surface area contributed by atoms with Crippen LogP contribution in [-0.4, -0.2) is 25.0 Å². The lowest BCUT2D eigenvalue weighted by Gasteiger charge is -2.13. The molecule has 0 bridgehead atoms. The van der Waals surface area contributed by atoms with Crippen LogP contribution < -0.4 is 16.0 Å². The summed E-state index contributed by atoms with van der Waals surface area (Å²) in [4.78, 5) is 19.1. The number of hydrogen-bond acceptors (Lipinski definition) is 3. The molecule has 0 fully saturated rings. The van der Waals surface area contributed by atoms with Gasteiger partial charge >= 0.3 is 0 Å². The van der Waals surface area contributed by atoms with Crippen molar-refractivity contribution >= 4 is 47.2 Å². The molecule has 2 aromatic rings. The van der Waals surface area contributed by atoms with Crippen molar-refractivity contribution in [3.63, 3.8) is 0 Å². The van der Waals surface area contributed by atoms with Gasteiger partial charge in [0.05, 0.1) is 6.54 Å². The Bertz CT molecular complexity index is 760. The summed E-state index contributed by atoms with van der Waals surface area (Å²) in [5, 5.41) is 9.60. The van der Waals surface area contributed by atoms with Gasteiger partial charge in [0, 0.05) is 35.0 Å². The van der Waals surface area contributed by atoms with Crippen LogP contribution >= 0.6 is 35.3 Å². The Morgan fingerprint density at radius 1 is 1.19 bits per heavy atom. The van der Waals surface area contributed by atoms with Crippen LogP contribution in [0.3, 0.4) is 0 Å². The van der Waals surface area contributed by atoms with Gasteiger partial charge in [-0.25, -0.2) is 0 Å². The van der Waals surface area contributed by atoms with Crippen LogP contribution in [0.25, 0.3) is 0 Å². The smallest absolute Gasteiger partial charge is 0.251 e. The van der Waals surface area contributed by atoms with E-state index in [0.29, 0.717) is 12.1 Å². The van der Waals surface area contributed by atoms with E-state index < -0.39 is 0 Å². The third-order valence-electron chi connectivity index (χ3n) is 4.09. The van der Waals surface area contributed by atoms with E-state index in [2.05, 4.69) is 46.9 Å². The number of amides is 1. The van der Waals surface area contributed by atoms with E-state index in [1.165, 1.54) is 9.75 Å². The summed E-state index contributed by atoms with van der Waals surface area (Å²) in [6, 6.07) is 12.1. The number of aryl methyl sites for hydroxylation is 1. The minimum atomic E-state index is -0.0308. The maximum absolute atomic E-state index is 12.3. The first-order chi connectivity index (χ1) is 12.5. The highest BCUT2D eigenvalue weighted by Gasteiger charge is 2.09. The van der Waals surface area contributed by atoms with E-state index in [1.807, 2.05) is 31.2 Å². The number of aliphatic imine (C=N–C) groups is 1. The minimum absolute atomic E-state index is 0. The number of thiophene rings is 1. The largest absolute Gasteiger partial charge is 0.352 e. The fraction of sp³-hybridized carbons (Fsp3) is 0.400. The number of carbonyl (C=O) groups excluding carboxylic acids is 1. The van der Waals surface area contributed by atoms with Crippen LogP contribution in [0.15, 0.2) is 41.4 Å². The molecular formula is C20H29IN4OS. The molecule has 0 saturated carbocycles. The zero-order chi connectivity index (χ0) is 18.9. The van der Waals surface area contributed by atoms with E-state index in [9.17, 15) is 4.79 Å². The predicted molar refractivity (Wildman–Crippen MR) is 125 cm³/mol. The van der Waals surface area contributed by atoms with Crippen LogP contribution in [0.1, 0.15) is 45.9 Å². The van der Waals surface area contributed by atoms with Gasteiger partial charge in [0.2, 0.25) is 0 Å². The Labute approximate surface area is 183 Å². The van der Waals surface area contributed by atoms with Gasteiger partial charge in [-0.1, -0.05) is 19.1 Å². The van der Waals surface area contributed by atoms with Gasteiger partial charge < -0.3 is 16.0 Å². The van der Waals surface area contributed by atoms with Crippen molar-refractivity contribution in [2.45, 2.75) is 46.3 Å². The molecule has 1 aromatic carbocycles. The molecule has 7 heteroatoms. The van der Waals surface area contributed by atoms with Crippen molar-refractivity contribution < 1.29 is 4.79 Å². The molecule has 1 atom stereocenters. The molecule has 148 valence electrons. The highest BCUT2D eigenvalue weighted by molar-refractivity contribution is 14.0. The third kappa shape index (κ3) is 7.88. The van der Waals surface area contributed by atoms with Crippen molar-refractivity contribution in [1.29, 1.82) is 0 Å². The predicted octanol–water partition coefficient (Wildman–Crippen LogP) is 4.07. The highest BCUT2D eigenvalue weighted by Crippen LogP contribution is 2.14. The first-order valence-electron chi connectivity index (χ1n) is 8.91. The fourth-order valence-electron chi connectivity index (χ4n) is 2.39. The van der Waals surface area contributed by atoms with E-state index >= 15 is 0 Å². The SMILES string of the molecule is CCC(C)NC(=O)c1cccc(CNC(=NC)NCc2ccc(C)s2)c1.I. The average Bonchev–Trinajstić information content (AvgIpc) is 3.07. The number of nitrogens with one attached hydrogen (secondary N) is 3. The Kier molecular flexibility index (Phi) is 10.4. The van der Waals surface area contributed by atoms with Gasteiger partial charge in [-0.05, 0) is 50.1 Å². The average molecular weight is 500 g/mol. The van der Waals surface area contributed by atoms with Crippen LogP contribution in [0, 0.1) is 6.92 Å². The maximum Gasteiger partial charge on any atom is 0.251 e. The quantitative estimate of drug-likeness (QED) is 0.305. The number of halogens is 1. The number of guanidine groups is 1. The fourth-order valence-corrected chi connectivity index (χ4v) is 3.22. The van der Waals surface area contributed by atoms with Crippen LogP contribution in [0.4, 0.5) is 0 Å². The molecule has 0 saturated heterocycles. The second kappa shape index (κ2) is 12.0. The van der Waals surface area contributed by atoms with Gasteiger partial charge in [0.1, 0.15) is 0 Å². The summed E-state index contributed by atoms with van der Waals surface area (Å²) in [6.07, 6.45) is 0.915. The lowest BCUT2D eigenvalue weighted by molar-refractivity contribution is 0.0939. The molecule has 1 unspecified atom stereocenters. The Morgan fingerprint density at radius 3 is 2.56 bits per heavy atom. The van der Waals surface area contributed by atoms with Gasteiger partial charge in [-0.15, -0.1) is 35.3 Å². The van der Waals surface area contributed by atoms with Crippen LogP contribution in [-0.2, 0) is 13.1 Å². The molecular weight excluding hydrogens is 471 g/mol. The minimum Gasteiger partial charge on any atom is -0.352 e. The van der Waals surface area contributed by atoms with E-state index in [-0.39, 0.29) is 35.9 Å². The number of carbonyl (C=O) groups is 1. The first kappa shape index (κ1) is 23.4. The highest BCUT2D eigenvalue weighted by atomic mass is 127. The summed E-state index contributed by atoms with van der Waals surface area (Å²) >= 11 is 1.78. The first-order valence-corrected chi connectivity index (χ1v) is 9.73. The molecule has 0 aliphatic carbocycles. The molecule has 0 radical (unpaired) electrons. The van der Waals surface area contributed by atoms with Gasteiger partial charge in [-0.3, -0.25) is 9.79 Å². The lowest BCUT2D eigenvalue weighted by atomic mass is 10.1. The molecule has 1 amide bonds. The van der Waals surface area contributed by atoms with Crippen molar-refractivity contribution in [1.82, 2.24) is 16.0 Å². The van der Waals surface area contributed by atoms with Crippen molar-refractivity contribution in [2.75, 3.05) is 7.05 Å². The normalized spacial score (nSPS) is 12.1. The zero-order valence-electron chi connectivity index (χ0n) is 16.3. The Hall–Kier alpha value is -1.61. The van der Waals surface area contributed by atoms with Crippen LogP contribution in [0.5, 0.6) is 0 Å². The Balaban J connectivity index is 0.00000364. The van der Waals surface area contributed by atoms with Crippen molar-refractivity contribution in [3.8, 4) is 0 Å². The van der Waals surface area contributed by atoms with Crippen LogP contribution in [0.2, 0.25) is 0 Å². The number of nitrogens with zero attached hydrogens (tertiary/aromatic N) is 1. The summed E-state index contributed by atoms with van der Waals surface area (Å²) in [7, 11) is 1.75. The Morgan fingerprint density at radius 2 is 1.93 bits per heavy atom. The molecule has 1 aromatic heterocycles. The molecule has 0 aliphatic heterocycles. The molecule has 2 rings (SSSR count). The number of benzene rings is 1. The van der Waals surface area contributed by atoms with Gasteiger partial charge in [0.15, 0.2) is 5.96 Å². The molecule has 27 heavy (non-hydrogen) atoms. The standard InChI is InChI=1S/C20H28N4OS.HI/c1-5-14(2)24-19(25)17-8-6-7-16(11-17)12-22-20(21-4)23-13-18-10-9-15(3)26-18;/h6-11,14H,5,12-13H2,1-4H3,(H,24,25)(H2,21,22,23);1H. The summed E-state index contributed by atoms with van der Waals surface area (Å²) < 4.78 is 0. The maximum atomic E-state index is 12.3. The summed E-state index contributed by atoms with van der Waals surface area (Å²) in [6.45, 7) is 7.52. The number of hydrogen-bond donors (Lipinski definition) is 3. The van der Waals surface area contributed by atoms with E-state index in [1.54, 1.807) is 18.4 Å². The molecule has 5 nitrogen and oxygen atoms in total. The summed E-state index contributed by atoms with van der Waals surface area (Å²) in [5.74, 6) is 0.710. The van der Waals surface area contributed by atoms with Gasteiger partial charge in [-0.2, -0.15) is 0 Å². The molecule has 0 spiro atoms. The second-order valence-electron chi connectivity index (χ2n) is 6.27. The lowest BCUT2D eigenvalue weighted by Crippen LogP contribution is -2.36. The third-order valence-corrected chi connectivity index (χ3v) is 5.09. The summed E-state index contributed by atoms with van der Waals surface area (Å²) in [5.41, 5.74) is 1.72. The molecule has 3 N–H and O–H groups in total. The van der Waals surface area contributed by atoms with E-state index in [0.717, 1.165) is 24.5 Å². The monoisotopic (exact) mass is 500 g/mol.